The van der Waals surface area contributed by atoms with Crippen molar-refractivity contribution < 1.29 is 0 Å². The van der Waals surface area contributed by atoms with Crippen molar-refractivity contribution in [2.45, 2.75) is 74.0 Å². The van der Waals surface area contributed by atoms with Gasteiger partial charge in [0.05, 0.1) is 7.85 Å². The Morgan fingerprint density at radius 2 is 1.07 bits per heavy atom. The van der Waals surface area contributed by atoms with Crippen LogP contribution in [-0.4, -0.2) is 7.85 Å². The summed E-state index contributed by atoms with van der Waals surface area (Å²) in [7, 11) is 6.67. The minimum Gasteiger partial charge on any atom is -0.0666 e. The van der Waals surface area contributed by atoms with E-state index in [2.05, 4.69) is 62.3 Å². The third-order valence-electron chi connectivity index (χ3n) is 5.07. The van der Waals surface area contributed by atoms with Crippen LogP contribution in [-0.2, 0) is 0 Å². The maximum Gasteiger partial charge on any atom is 0.0757 e. The Labute approximate surface area is 98.6 Å². The first-order chi connectivity index (χ1) is 6.31. The Bertz CT molecular complexity index is 214. The Balaban J connectivity index is 5.50. The second kappa shape index (κ2) is 3.82. The summed E-state index contributed by atoms with van der Waals surface area (Å²) in [6, 6.07) is 0. The summed E-state index contributed by atoms with van der Waals surface area (Å²) in [4.78, 5) is 0. The zero-order valence-corrected chi connectivity index (χ0v) is 12.3. The lowest BCUT2D eigenvalue weighted by molar-refractivity contribution is -0.00278. The summed E-state index contributed by atoms with van der Waals surface area (Å²) >= 11 is 0. The highest BCUT2D eigenvalue weighted by molar-refractivity contribution is 6.16. The average molecular weight is 208 g/mol. The molecule has 2 radical (unpaired) electrons. The average Bonchev–Trinajstić information content (AvgIpc) is 1.98. The van der Waals surface area contributed by atoms with Crippen molar-refractivity contribution in [1.82, 2.24) is 0 Å². The zero-order chi connectivity index (χ0) is 12.7. The van der Waals surface area contributed by atoms with Gasteiger partial charge < -0.3 is 0 Å². The van der Waals surface area contributed by atoms with Gasteiger partial charge in [0.2, 0.25) is 0 Å². The molecule has 0 saturated heterocycles. The molecule has 0 rings (SSSR count). The maximum absolute atomic E-state index is 6.67. The highest BCUT2D eigenvalue weighted by atomic mass is 14.5. The molecule has 0 aromatic rings. The molecule has 0 amide bonds. The monoisotopic (exact) mass is 208 g/mol. The molecule has 0 bridgehead atoms. The van der Waals surface area contributed by atoms with Gasteiger partial charge in [0.25, 0.3) is 0 Å². The van der Waals surface area contributed by atoms with Crippen LogP contribution in [0.1, 0.15) is 68.7 Å². The molecule has 0 spiro atoms. The standard InChI is InChI=1S/C14H29B/c1-10-13(8,11(2,3)4)14(9,15)12(5,6)7/h10H2,1-9H3. The summed E-state index contributed by atoms with van der Waals surface area (Å²) < 4.78 is 0. The molecule has 0 aliphatic heterocycles. The molecular formula is C14H29B. The lowest BCUT2D eigenvalue weighted by atomic mass is 9.38. The van der Waals surface area contributed by atoms with E-state index in [1.165, 1.54) is 0 Å². The Morgan fingerprint density at radius 3 is 1.13 bits per heavy atom. The molecule has 1 heteroatoms. The van der Waals surface area contributed by atoms with E-state index in [1.54, 1.807) is 0 Å². The van der Waals surface area contributed by atoms with Crippen LogP contribution in [0.4, 0.5) is 0 Å². The van der Waals surface area contributed by atoms with Gasteiger partial charge in [0.15, 0.2) is 0 Å². The quantitative estimate of drug-likeness (QED) is 0.569. The molecule has 0 aliphatic rings. The maximum atomic E-state index is 6.67. The number of hydrogen-bond acceptors (Lipinski definition) is 0. The van der Waals surface area contributed by atoms with Crippen molar-refractivity contribution in [1.29, 1.82) is 0 Å². The van der Waals surface area contributed by atoms with Crippen LogP contribution < -0.4 is 0 Å². The van der Waals surface area contributed by atoms with Crippen LogP contribution in [0.15, 0.2) is 0 Å². The molecule has 15 heavy (non-hydrogen) atoms. The third-order valence-corrected chi connectivity index (χ3v) is 5.07. The Hall–Kier alpha value is 0.0649. The van der Waals surface area contributed by atoms with Crippen LogP contribution in [0.5, 0.6) is 0 Å². The van der Waals surface area contributed by atoms with Gasteiger partial charge in [-0.3, -0.25) is 0 Å². The van der Waals surface area contributed by atoms with E-state index >= 15 is 0 Å². The molecule has 0 heterocycles. The van der Waals surface area contributed by atoms with E-state index in [0.29, 0.717) is 0 Å². The molecule has 0 aromatic carbocycles. The molecule has 0 aromatic heterocycles. The fourth-order valence-electron chi connectivity index (χ4n) is 2.50. The second-order valence-electron chi connectivity index (χ2n) is 7.39. The van der Waals surface area contributed by atoms with Crippen molar-refractivity contribution in [3.63, 3.8) is 0 Å². The molecule has 88 valence electrons. The smallest absolute Gasteiger partial charge is 0.0666 e. The van der Waals surface area contributed by atoms with Gasteiger partial charge >= 0.3 is 0 Å². The summed E-state index contributed by atoms with van der Waals surface area (Å²) in [6.07, 6.45) is 1.11. The topological polar surface area (TPSA) is 0 Å². The Morgan fingerprint density at radius 1 is 0.733 bits per heavy atom. The fourth-order valence-corrected chi connectivity index (χ4v) is 2.50. The van der Waals surface area contributed by atoms with Crippen molar-refractivity contribution >= 4 is 7.85 Å². The van der Waals surface area contributed by atoms with Gasteiger partial charge in [-0.05, 0) is 16.2 Å². The summed E-state index contributed by atoms with van der Waals surface area (Å²) in [5.74, 6) is 0. The fraction of sp³-hybridized carbons (Fsp3) is 1.00. The van der Waals surface area contributed by atoms with Gasteiger partial charge in [-0.25, -0.2) is 0 Å². The first kappa shape index (κ1) is 15.1. The molecule has 0 nitrogen and oxygen atoms in total. The SMILES string of the molecule is [B]C(C)(C(C)(C)C)C(C)(CC)C(C)(C)C. The van der Waals surface area contributed by atoms with Crippen LogP contribution in [0.2, 0.25) is 5.31 Å². The van der Waals surface area contributed by atoms with Gasteiger partial charge in [0, 0.05) is 0 Å². The van der Waals surface area contributed by atoms with Gasteiger partial charge in [0.1, 0.15) is 0 Å². The zero-order valence-electron chi connectivity index (χ0n) is 12.3. The van der Waals surface area contributed by atoms with Crippen LogP contribution in [0.25, 0.3) is 0 Å². The van der Waals surface area contributed by atoms with E-state index < -0.39 is 0 Å². The third kappa shape index (κ3) is 2.26. The lowest BCUT2D eigenvalue weighted by Crippen LogP contribution is -2.48. The summed E-state index contributed by atoms with van der Waals surface area (Å²) in [5, 5.41) is -0.174. The van der Waals surface area contributed by atoms with E-state index in [4.69, 9.17) is 7.85 Å². The van der Waals surface area contributed by atoms with E-state index in [1.807, 2.05) is 0 Å². The Kier molecular flexibility index (Phi) is 3.84. The summed E-state index contributed by atoms with van der Waals surface area (Å²) in [5.41, 5.74) is 0.474. The molecule has 2 unspecified atom stereocenters. The van der Waals surface area contributed by atoms with Gasteiger partial charge in [-0.1, -0.05) is 74.0 Å². The van der Waals surface area contributed by atoms with Crippen molar-refractivity contribution in [3.8, 4) is 0 Å². The predicted octanol–water partition coefficient (Wildman–Crippen LogP) is 4.84. The van der Waals surface area contributed by atoms with Crippen LogP contribution >= 0.6 is 0 Å². The molecule has 0 aliphatic carbocycles. The number of hydrogen-bond donors (Lipinski definition) is 0. The van der Waals surface area contributed by atoms with Gasteiger partial charge in [-0.15, -0.1) is 0 Å². The van der Waals surface area contributed by atoms with E-state index in [-0.39, 0.29) is 21.6 Å². The first-order valence-electron chi connectivity index (χ1n) is 6.10. The number of rotatable bonds is 2. The largest absolute Gasteiger partial charge is 0.0757 e. The molecule has 0 N–H and O–H groups in total. The summed E-state index contributed by atoms with van der Waals surface area (Å²) in [6.45, 7) is 20.4. The normalized spacial score (nSPS) is 21.9. The molecule has 0 saturated carbocycles. The molecule has 0 fully saturated rings. The van der Waals surface area contributed by atoms with Crippen molar-refractivity contribution in [2.24, 2.45) is 16.2 Å². The van der Waals surface area contributed by atoms with E-state index in [9.17, 15) is 0 Å². The minimum atomic E-state index is -0.174. The molecular weight excluding hydrogens is 179 g/mol. The van der Waals surface area contributed by atoms with Crippen molar-refractivity contribution in [2.75, 3.05) is 0 Å². The van der Waals surface area contributed by atoms with Crippen molar-refractivity contribution in [3.05, 3.63) is 0 Å². The molecule has 2 atom stereocenters. The minimum absolute atomic E-state index is 0.116. The van der Waals surface area contributed by atoms with Crippen LogP contribution in [0, 0.1) is 16.2 Å². The first-order valence-corrected chi connectivity index (χ1v) is 6.10. The lowest BCUT2D eigenvalue weighted by Gasteiger charge is -2.59. The van der Waals surface area contributed by atoms with E-state index in [0.717, 1.165) is 6.42 Å². The highest BCUT2D eigenvalue weighted by Crippen LogP contribution is 2.63. The highest BCUT2D eigenvalue weighted by Gasteiger charge is 2.52. The predicted molar refractivity (Wildman–Crippen MR) is 71.4 cm³/mol. The van der Waals surface area contributed by atoms with Crippen LogP contribution in [0.3, 0.4) is 0 Å². The van der Waals surface area contributed by atoms with Gasteiger partial charge in [-0.2, -0.15) is 0 Å². The second-order valence-corrected chi connectivity index (χ2v) is 7.39.